The van der Waals surface area contributed by atoms with Crippen molar-refractivity contribution in [1.82, 2.24) is 20.8 Å². The van der Waals surface area contributed by atoms with E-state index in [1.807, 2.05) is 43.3 Å². The fraction of sp³-hybridized carbons (Fsp3) is 0.278. The Balaban J connectivity index is 1.47. The Bertz CT molecular complexity index is 825. The number of nitrogens with one attached hydrogen (secondary N) is 2. The minimum atomic E-state index is 0.547. The van der Waals surface area contributed by atoms with Gasteiger partial charge in [0.05, 0.1) is 17.2 Å². The molecule has 0 spiro atoms. The third-order valence-electron chi connectivity index (χ3n) is 3.62. The van der Waals surface area contributed by atoms with Crippen LogP contribution in [0, 0.1) is 6.92 Å². The van der Waals surface area contributed by atoms with Gasteiger partial charge in [-0.15, -0.1) is 11.3 Å². The highest BCUT2D eigenvalue weighted by molar-refractivity contribution is 7.09. The maximum Gasteiger partial charge on any atom is 0.191 e. The molecule has 0 saturated carbocycles. The van der Waals surface area contributed by atoms with Crippen LogP contribution in [-0.4, -0.2) is 29.7 Å². The van der Waals surface area contributed by atoms with E-state index >= 15 is 0 Å². The first-order valence-electron chi connectivity index (χ1n) is 8.11. The minimum absolute atomic E-state index is 0.547. The van der Waals surface area contributed by atoms with Crippen molar-refractivity contribution in [3.63, 3.8) is 0 Å². The normalized spacial score (nSPS) is 11.5. The summed E-state index contributed by atoms with van der Waals surface area (Å²) in [4.78, 5) is 8.68. The van der Waals surface area contributed by atoms with Crippen LogP contribution in [0.15, 0.2) is 51.3 Å². The number of nitrogens with zero attached hydrogens (tertiary/aromatic N) is 3. The number of guanidine groups is 1. The van der Waals surface area contributed by atoms with E-state index in [9.17, 15) is 0 Å². The van der Waals surface area contributed by atoms with Crippen LogP contribution in [0.5, 0.6) is 0 Å². The van der Waals surface area contributed by atoms with E-state index < -0.39 is 0 Å². The lowest BCUT2D eigenvalue weighted by Crippen LogP contribution is -2.37. The first-order chi connectivity index (χ1) is 12.2. The monoisotopic (exact) mass is 355 g/mol. The summed E-state index contributed by atoms with van der Waals surface area (Å²) in [5.41, 5.74) is 2.95. The Morgan fingerprint density at radius 1 is 1.20 bits per heavy atom. The third-order valence-corrected chi connectivity index (χ3v) is 4.44. The molecule has 0 atom stereocenters. The minimum Gasteiger partial charge on any atom is -0.356 e. The quantitative estimate of drug-likeness (QED) is 0.525. The molecule has 0 radical (unpaired) electrons. The highest BCUT2D eigenvalue weighted by atomic mass is 32.1. The van der Waals surface area contributed by atoms with Gasteiger partial charge in [-0.05, 0) is 6.92 Å². The number of rotatable bonds is 6. The van der Waals surface area contributed by atoms with Crippen LogP contribution >= 0.6 is 11.3 Å². The van der Waals surface area contributed by atoms with Crippen molar-refractivity contribution >= 4 is 17.3 Å². The number of aryl methyl sites for hydroxylation is 1. The average molecular weight is 355 g/mol. The first-order valence-corrected chi connectivity index (χ1v) is 8.99. The maximum absolute atomic E-state index is 5.40. The van der Waals surface area contributed by atoms with Crippen molar-refractivity contribution in [1.29, 1.82) is 0 Å². The van der Waals surface area contributed by atoms with E-state index in [-0.39, 0.29) is 0 Å². The van der Waals surface area contributed by atoms with E-state index in [1.165, 1.54) is 0 Å². The van der Waals surface area contributed by atoms with Crippen LogP contribution in [-0.2, 0) is 13.0 Å². The van der Waals surface area contributed by atoms with Gasteiger partial charge >= 0.3 is 0 Å². The number of hydrogen-bond acceptors (Lipinski definition) is 5. The second kappa shape index (κ2) is 8.43. The molecule has 3 aromatic rings. The van der Waals surface area contributed by atoms with Crippen molar-refractivity contribution in [2.75, 3.05) is 13.6 Å². The van der Waals surface area contributed by atoms with Crippen LogP contribution < -0.4 is 10.6 Å². The first kappa shape index (κ1) is 17.2. The highest BCUT2D eigenvalue weighted by Gasteiger charge is 2.07. The second-order valence-corrected chi connectivity index (χ2v) is 6.57. The molecule has 2 heterocycles. The summed E-state index contributed by atoms with van der Waals surface area (Å²) in [6, 6.07) is 11.9. The zero-order valence-electron chi connectivity index (χ0n) is 14.3. The molecule has 3 rings (SSSR count). The van der Waals surface area contributed by atoms with Gasteiger partial charge in [-0.1, -0.05) is 35.5 Å². The van der Waals surface area contributed by atoms with Crippen LogP contribution in [0.4, 0.5) is 0 Å². The van der Waals surface area contributed by atoms with Crippen molar-refractivity contribution < 1.29 is 4.52 Å². The molecular weight excluding hydrogens is 334 g/mol. The van der Waals surface area contributed by atoms with Crippen molar-refractivity contribution in [2.45, 2.75) is 19.9 Å². The predicted octanol–water partition coefficient (Wildman–Crippen LogP) is 3.01. The molecule has 6 nitrogen and oxygen atoms in total. The molecule has 0 aliphatic carbocycles. The topological polar surface area (TPSA) is 75.3 Å². The summed E-state index contributed by atoms with van der Waals surface area (Å²) in [7, 11) is 1.75. The fourth-order valence-electron chi connectivity index (χ4n) is 2.36. The average Bonchev–Trinajstić information content (AvgIpc) is 3.28. The molecule has 0 fully saturated rings. The van der Waals surface area contributed by atoms with Gasteiger partial charge in [-0.3, -0.25) is 4.99 Å². The molecule has 25 heavy (non-hydrogen) atoms. The van der Waals surface area contributed by atoms with E-state index in [0.29, 0.717) is 6.54 Å². The van der Waals surface area contributed by atoms with Gasteiger partial charge in [0.1, 0.15) is 5.69 Å². The number of aliphatic imine (C=N–C) groups is 1. The SMILES string of the molecule is CN=C(NCCc1csc(C)n1)NCc1cc(-c2ccccc2)on1. The van der Waals surface area contributed by atoms with Gasteiger partial charge < -0.3 is 15.2 Å². The standard InChI is InChI=1S/C18H21N5OS/c1-13-22-15(12-25-13)8-9-20-18(19-2)21-11-16-10-17(24-23-16)14-6-4-3-5-7-14/h3-7,10,12H,8-9,11H2,1-2H3,(H2,19,20,21). The summed E-state index contributed by atoms with van der Waals surface area (Å²) >= 11 is 1.67. The Labute approximate surface area is 151 Å². The molecule has 2 aromatic heterocycles. The van der Waals surface area contributed by atoms with Crippen molar-refractivity contribution in [3.05, 3.63) is 58.2 Å². The maximum atomic E-state index is 5.40. The lowest BCUT2D eigenvalue weighted by Gasteiger charge is -2.09. The molecule has 0 amide bonds. The summed E-state index contributed by atoms with van der Waals surface area (Å²) in [5, 5.41) is 13.8. The van der Waals surface area contributed by atoms with Crippen molar-refractivity contribution in [3.8, 4) is 11.3 Å². The lowest BCUT2D eigenvalue weighted by molar-refractivity contribution is 0.422. The van der Waals surface area contributed by atoms with Crippen LogP contribution in [0.25, 0.3) is 11.3 Å². The van der Waals surface area contributed by atoms with Gasteiger partial charge in [0, 0.05) is 37.0 Å². The Morgan fingerprint density at radius 3 is 2.76 bits per heavy atom. The zero-order valence-corrected chi connectivity index (χ0v) is 15.1. The largest absolute Gasteiger partial charge is 0.356 e. The molecular formula is C18H21N5OS. The van der Waals surface area contributed by atoms with Gasteiger partial charge in [0.15, 0.2) is 11.7 Å². The second-order valence-electron chi connectivity index (χ2n) is 5.51. The fourth-order valence-corrected chi connectivity index (χ4v) is 3.01. The van der Waals surface area contributed by atoms with Crippen LogP contribution in [0.2, 0.25) is 0 Å². The number of thiazole rings is 1. The summed E-state index contributed by atoms with van der Waals surface area (Å²) in [6.45, 7) is 3.34. The predicted molar refractivity (Wildman–Crippen MR) is 101 cm³/mol. The molecule has 0 unspecified atom stereocenters. The summed E-state index contributed by atoms with van der Waals surface area (Å²) in [5.74, 6) is 1.50. The number of hydrogen-bond donors (Lipinski definition) is 2. The summed E-state index contributed by atoms with van der Waals surface area (Å²) in [6.07, 6.45) is 0.868. The molecule has 0 bridgehead atoms. The van der Waals surface area contributed by atoms with Crippen molar-refractivity contribution in [2.24, 2.45) is 4.99 Å². The van der Waals surface area contributed by atoms with E-state index in [0.717, 1.165) is 46.6 Å². The molecule has 0 saturated heterocycles. The van der Waals surface area contributed by atoms with E-state index in [1.54, 1.807) is 18.4 Å². The summed E-state index contributed by atoms with van der Waals surface area (Å²) < 4.78 is 5.40. The Morgan fingerprint density at radius 2 is 2.04 bits per heavy atom. The van der Waals surface area contributed by atoms with Crippen LogP contribution in [0.1, 0.15) is 16.4 Å². The molecule has 7 heteroatoms. The van der Waals surface area contributed by atoms with Crippen LogP contribution in [0.3, 0.4) is 0 Å². The van der Waals surface area contributed by atoms with Gasteiger partial charge in [0.25, 0.3) is 0 Å². The van der Waals surface area contributed by atoms with E-state index in [4.69, 9.17) is 4.52 Å². The van der Waals surface area contributed by atoms with Gasteiger partial charge in [-0.2, -0.15) is 0 Å². The smallest absolute Gasteiger partial charge is 0.191 e. The lowest BCUT2D eigenvalue weighted by atomic mass is 10.2. The molecule has 130 valence electrons. The van der Waals surface area contributed by atoms with Gasteiger partial charge in [0.2, 0.25) is 0 Å². The molecule has 1 aromatic carbocycles. The number of benzene rings is 1. The molecule has 0 aliphatic heterocycles. The zero-order chi connectivity index (χ0) is 17.5. The van der Waals surface area contributed by atoms with Gasteiger partial charge in [-0.25, -0.2) is 4.98 Å². The Kier molecular flexibility index (Phi) is 5.79. The Hall–Kier alpha value is -2.67. The number of aromatic nitrogens is 2. The molecule has 2 N–H and O–H groups in total. The molecule has 0 aliphatic rings. The highest BCUT2D eigenvalue weighted by Crippen LogP contribution is 2.19. The third kappa shape index (κ3) is 4.90. The van der Waals surface area contributed by atoms with E-state index in [2.05, 4.69) is 31.1 Å².